The van der Waals surface area contributed by atoms with Gasteiger partial charge in [-0.1, -0.05) is 32.9 Å². The van der Waals surface area contributed by atoms with Gasteiger partial charge in [0.15, 0.2) is 11.5 Å². The summed E-state index contributed by atoms with van der Waals surface area (Å²) in [6.45, 7) is 19.9. The van der Waals surface area contributed by atoms with Crippen molar-refractivity contribution in [3.05, 3.63) is 55.6 Å². The molecule has 0 saturated heterocycles. The SMILES string of the molecule is CCN(CC)Cc1sc(-c2nc(-c3cc(C)c(OC[C@@H](O)CO)c(OC)c3)no2)cc1C.CCN(CC)Cc1sc(C(=O)O)cc1C. The predicted octanol–water partition coefficient (Wildman–Crippen LogP) is 6.26. The number of rotatable bonds is 16. The maximum absolute atomic E-state index is 10.8. The minimum absolute atomic E-state index is 0.0348. The van der Waals surface area contributed by atoms with E-state index < -0.39 is 12.1 Å². The molecule has 0 fully saturated rings. The van der Waals surface area contributed by atoms with Crippen LogP contribution in [0.1, 0.15) is 63.8 Å². The Bertz CT molecular complexity index is 1570. The lowest BCUT2D eigenvalue weighted by Gasteiger charge is -2.17. The lowest BCUT2D eigenvalue weighted by atomic mass is 10.1. The Hall–Kier alpha value is -3.33. The largest absolute Gasteiger partial charge is 0.493 e. The van der Waals surface area contributed by atoms with Gasteiger partial charge in [-0.05, 0) is 87.9 Å². The van der Waals surface area contributed by atoms with Crippen LogP contribution in [0, 0.1) is 20.8 Å². The van der Waals surface area contributed by atoms with E-state index in [4.69, 9.17) is 24.2 Å². The van der Waals surface area contributed by atoms with Crippen LogP contribution >= 0.6 is 22.7 Å². The van der Waals surface area contributed by atoms with Crippen molar-refractivity contribution in [2.45, 2.75) is 67.7 Å². The van der Waals surface area contributed by atoms with Crippen LogP contribution in [0.3, 0.4) is 0 Å². The number of nitrogens with zero attached hydrogens (tertiary/aromatic N) is 4. The number of benzene rings is 1. The van der Waals surface area contributed by atoms with Gasteiger partial charge in [-0.25, -0.2) is 4.79 Å². The standard InChI is InChI=1S/C23H31N3O5S.C11H17NO2S/c1-6-26(7-2)11-20-14(3)9-19(32-20)23-24-22(25-31-23)16-8-15(4)21(18(10-16)29-5)30-13-17(28)12-27;1-4-12(5-2)7-10-8(3)6-9(15-10)11(13)14/h8-10,17,27-28H,6-7,11-13H2,1-5H3;6H,4-5,7H2,1-3H3,(H,13,14)/t17-;/m0./s1. The van der Waals surface area contributed by atoms with Crippen molar-refractivity contribution < 1.29 is 34.1 Å². The molecule has 0 unspecified atom stereocenters. The molecule has 0 spiro atoms. The molecule has 258 valence electrons. The van der Waals surface area contributed by atoms with E-state index in [1.54, 1.807) is 30.6 Å². The number of hydrogen-bond donors (Lipinski definition) is 3. The van der Waals surface area contributed by atoms with Crippen LogP contribution in [0.15, 0.2) is 28.8 Å². The highest BCUT2D eigenvalue weighted by Gasteiger charge is 2.19. The van der Waals surface area contributed by atoms with Gasteiger partial charge in [-0.15, -0.1) is 22.7 Å². The average molecular weight is 689 g/mol. The van der Waals surface area contributed by atoms with Crippen LogP contribution in [-0.2, 0) is 13.1 Å². The highest BCUT2D eigenvalue weighted by atomic mass is 32.1. The number of aromatic carboxylic acids is 1. The van der Waals surface area contributed by atoms with Crippen molar-refractivity contribution >= 4 is 28.6 Å². The summed E-state index contributed by atoms with van der Waals surface area (Å²) in [4.78, 5) is 23.9. The highest BCUT2D eigenvalue weighted by Crippen LogP contribution is 2.37. The maximum Gasteiger partial charge on any atom is 0.345 e. The number of hydrogen-bond acceptors (Lipinski definition) is 12. The number of carboxylic acids is 1. The number of aliphatic hydroxyl groups excluding tert-OH is 2. The average Bonchev–Trinajstić information content (AvgIpc) is 3.80. The smallest absolute Gasteiger partial charge is 0.345 e. The fourth-order valence-corrected chi connectivity index (χ4v) is 6.94. The maximum atomic E-state index is 10.8. The molecule has 0 saturated carbocycles. The fraction of sp³-hybridized carbons (Fsp3) is 0.500. The van der Waals surface area contributed by atoms with Gasteiger partial charge >= 0.3 is 5.97 Å². The van der Waals surface area contributed by atoms with Gasteiger partial charge < -0.3 is 29.3 Å². The zero-order valence-corrected chi connectivity index (χ0v) is 30.3. The van der Waals surface area contributed by atoms with E-state index in [1.165, 1.54) is 21.8 Å². The summed E-state index contributed by atoms with van der Waals surface area (Å²) in [5.74, 6) is 1.11. The Labute approximate surface area is 285 Å². The van der Waals surface area contributed by atoms with Crippen LogP contribution in [0.25, 0.3) is 22.2 Å². The van der Waals surface area contributed by atoms with E-state index in [2.05, 4.69) is 60.6 Å². The second-order valence-corrected chi connectivity index (χ2v) is 13.3. The minimum Gasteiger partial charge on any atom is -0.493 e. The van der Waals surface area contributed by atoms with Crippen LogP contribution in [0.4, 0.5) is 0 Å². The van der Waals surface area contributed by atoms with E-state index >= 15 is 0 Å². The van der Waals surface area contributed by atoms with Gasteiger partial charge in [0.1, 0.15) is 17.6 Å². The molecular weight excluding hydrogens is 641 g/mol. The quantitative estimate of drug-likeness (QED) is 0.123. The third kappa shape index (κ3) is 10.3. The molecule has 3 N–H and O–H groups in total. The molecular formula is C34H48N4O7S2. The summed E-state index contributed by atoms with van der Waals surface area (Å²) in [6.07, 6.45) is -0.959. The first-order valence-corrected chi connectivity index (χ1v) is 17.4. The van der Waals surface area contributed by atoms with Gasteiger partial charge in [0.05, 0.1) is 18.6 Å². The van der Waals surface area contributed by atoms with Crippen LogP contribution in [-0.4, -0.2) is 93.8 Å². The molecule has 3 aromatic heterocycles. The molecule has 1 atom stereocenters. The molecule has 4 aromatic rings. The van der Waals surface area contributed by atoms with Gasteiger partial charge in [0, 0.05) is 28.4 Å². The second kappa shape index (κ2) is 18.3. The molecule has 4 rings (SSSR count). The summed E-state index contributed by atoms with van der Waals surface area (Å²) < 4.78 is 16.7. The summed E-state index contributed by atoms with van der Waals surface area (Å²) in [7, 11) is 1.54. The molecule has 0 radical (unpaired) electrons. The Kier molecular flexibility index (Phi) is 14.8. The van der Waals surface area contributed by atoms with Gasteiger partial charge in [0.2, 0.25) is 5.82 Å². The topological polar surface area (TPSA) is 142 Å². The molecule has 11 nitrogen and oxygen atoms in total. The van der Waals surface area contributed by atoms with E-state index in [-0.39, 0.29) is 13.2 Å². The first-order valence-electron chi connectivity index (χ1n) is 15.8. The van der Waals surface area contributed by atoms with Crippen molar-refractivity contribution in [1.82, 2.24) is 19.9 Å². The first-order chi connectivity index (χ1) is 22.5. The first kappa shape index (κ1) is 38.1. The number of methoxy groups -OCH3 is 1. The summed E-state index contributed by atoms with van der Waals surface area (Å²) in [5.41, 5.74) is 3.84. The zero-order chi connectivity index (χ0) is 34.7. The van der Waals surface area contributed by atoms with Gasteiger partial charge in [-0.3, -0.25) is 9.80 Å². The van der Waals surface area contributed by atoms with E-state index in [1.807, 2.05) is 19.9 Å². The number of carboxylic acid groups (broad SMARTS) is 1. The number of aromatic nitrogens is 2. The summed E-state index contributed by atoms with van der Waals surface area (Å²) in [6, 6.07) is 7.50. The third-order valence-electron chi connectivity index (χ3n) is 7.76. The van der Waals surface area contributed by atoms with E-state index in [9.17, 15) is 9.90 Å². The number of thiophene rings is 2. The van der Waals surface area contributed by atoms with Crippen LogP contribution < -0.4 is 9.47 Å². The van der Waals surface area contributed by atoms with Crippen LogP contribution in [0.5, 0.6) is 11.5 Å². The molecule has 0 aliphatic rings. The molecule has 3 heterocycles. The van der Waals surface area contributed by atoms with E-state index in [0.717, 1.165) is 65.7 Å². The predicted molar refractivity (Wildman–Crippen MR) is 187 cm³/mol. The lowest BCUT2D eigenvalue weighted by molar-refractivity contribution is 0.0525. The van der Waals surface area contributed by atoms with E-state index in [0.29, 0.717) is 28.1 Å². The third-order valence-corrected chi connectivity index (χ3v) is 10.2. The zero-order valence-electron chi connectivity index (χ0n) is 28.6. The van der Waals surface area contributed by atoms with Crippen molar-refractivity contribution in [2.75, 3.05) is 46.5 Å². The number of ether oxygens (including phenoxy) is 2. The monoisotopic (exact) mass is 688 g/mol. The highest BCUT2D eigenvalue weighted by molar-refractivity contribution is 7.15. The molecule has 47 heavy (non-hydrogen) atoms. The Morgan fingerprint density at radius 3 is 2.04 bits per heavy atom. The van der Waals surface area contributed by atoms with Gasteiger partial charge in [0.25, 0.3) is 5.89 Å². The number of aliphatic hydroxyl groups is 2. The Morgan fingerprint density at radius 1 is 0.915 bits per heavy atom. The van der Waals surface area contributed by atoms with Crippen molar-refractivity contribution in [3.63, 3.8) is 0 Å². The van der Waals surface area contributed by atoms with Crippen LogP contribution in [0.2, 0.25) is 0 Å². The Morgan fingerprint density at radius 2 is 1.51 bits per heavy atom. The Balaban J connectivity index is 0.000000335. The molecule has 13 heteroatoms. The molecule has 0 amide bonds. The molecule has 0 aliphatic carbocycles. The fourth-order valence-electron chi connectivity index (χ4n) is 4.75. The van der Waals surface area contributed by atoms with Crippen molar-refractivity contribution in [1.29, 1.82) is 0 Å². The molecule has 0 aliphatic heterocycles. The van der Waals surface area contributed by atoms with Crippen molar-refractivity contribution in [3.8, 4) is 33.7 Å². The lowest BCUT2D eigenvalue weighted by Crippen LogP contribution is -2.21. The summed E-state index contributed by atoms with van der Waals surface area (Å²) in [5, 5.41) is 31.6. The molecule has 1 aromatic carbocycles. The minimum atomic E-state index is -0.959. The van der Waals surface area contributed by atoms with Crippen molar-refractivity contribution in [2.24, 2.45) is 0 Å². The molecule has 0 bridgehead atoms. The van der Waals surface area contributed by atoms with Gasteiger partial charge in [-0.2, -0.15) is 4.98 Å². The normalized spacial score (nSPS) is 11.9. The number of aryl methyl sites for hydroxylation is 3. The summed E-state index contributed by atoms with van der Waals surface area (Å²) >= 11 is 3.06. The second-order valence-electron chi connectivity index (χ2n) is 11.1. The number of carbonyl (C=O) groups is 1.